The monoisotopic (exact) mass is 311 g/mol. The molecule has 0 amide bonds. The van der Waals surface area contributed by atoms with Crippen molar-refractivity contribution in [2.75, 3.05) is 27.2 Å². The SMILES string of the molecule is CC(c1ccc(S(=O)(=O)N(C)C)cc1)N1CCCC(N)C1. The zero-order valence-electron chi connectivity index (χ0n) is 13.0. The van der Waals surface area contributed by atoms with E-state index in [1.54, 1.807) is 26.2 Å². The summed E-state index contributed by atoms with van der Waals surface area (Å²) in [4.78, 5) is 2.70. The molecule has 1 fully saturated rings. The molecule has 118 valence electrons. The second-order valence-corrected chi connectivity index (χ2v) is 8.08. The van der Waals surface area contributed by atoms with E-state index in [2.05, 4.69) is 11.8 Å². The van der Waals surface area contributed by atoms with Crippen molar-refractivity contribution in [1.82, 2.24) is 9.21 Å². The summed E-state index contributed by atoms with van der Waals surface area (Å²) in [6.45, 7) is 4.10. The van der Waals surface area contributed by atoms with Gasteiger partial charge in [-0.25, -0.2) is 12.7 Å². The second kappa shape index (κ2) is 6.44. The van der Waals surface area contributed by atoms with Crippen LogP contribution in [0.5, 0.6) is 0 Å². The van der Waals surface area contributed by atoms with E-state index in [0.29, 0.717) is 4.90 Å². The number of benzene rings is 1. The van der Waals surface area contributed by atoms with Crippen molar-refractivity contribution in [3.05, 3.63) is 29.8 Å². The molecule has 1 aromatic carbocycles. The van der Waals surface area contributed by atoms with Gasteiger partial charge in [-0.05, 0) is 44.0 Å². The molecule has 0 bridgehead atoms. The van der Waals surface area contributed by atoms with Crippen molar-refractivity contribution in [1.29, 1.82) is 0 Å². The maximum absolute atomic E-state index is 12.1. The first-order valence-electron chi connectivity index (χ1n) is 7.34. The van der Waals surface area contributed by atoms with Crippen LogP contribution in [0.15, 0.2) is 29.2 Å². The highest BCUT2D eigenvalue weighted by Crippen LogP contribution is 2.25. The van der Waals surface area contributed by atoms with E-state index in [1.165, 1.54) is 4.31 Å². The Morgan fingerprint density at radius 1 is 1.29 bits per heavy atom. The first-order chi connectivity index (χ1) is 9.82. The van der Waals surface area contributed by atoms with Gasteiger partial charge in [-0.2, -0.15) is 0 Å². The summed E-state index contributed by atoms with van der Waals surface area (Å²) in [6.07, 6.45) is 2.21. The standard InChI is InChI=1S/C15H25N3O2S/c1-12(18-10-4-5-14(16)11-18)13-6-8-15(9-7-13)21(19,20)17(2)3/h6-9,12,14H,4-5,10-11,16H2,1-3H3. The molecule has 1 aliphatic heterocycles. The summed E-state index contributed by atoms with van der Waals surface area (Å²) >= 11 is 0. The Morgan fingerprint density at radius 3 is 2.43 bits per heavy atom. The molecule has 0 radical (unpaired) electrons. The van der Waals surface area contributed by atoms with Gasteiger partial charge in [-0.1, -0.05) is 12.1 Å². The maximum atomic E-state index is 12.1. The third-order valence-corrected chi connectivity index (χ3v) is 6.01. The number of nitrogens with two attached hydrogens (primary N) is 1. The number of piperidine rings is 1. The van der Waals surface area contributed by atoms with Gasteiger partial charge in [0.25, 0.3) is 0 Å². The smallest absolute Gasteiger partial charge is 0.242 e. The molecule has 1 saturated heterocycles. The third kappa shape index (κ3) is 3.63. The molecule has 6 heteroatoms. The van der Waals surface area contributed by atoms with Crippen LogP contribution in [0.3, 0.4) is 0 Å². The van der Waals surface area contributed by atoms with Gasteiger partial charge in [-0.3, -0.25) is 4.90 Å². The normalized spacial score (nSPS) is 22.4. The Bertz CT molecular complexity index is 569. The lowest BCUT2D eigenvalue weighted by molar-refractivity contribution is 0.159. The fourth-order valence-electron chi connectivity index (χ4n) is 2.73. The first-order valence-corrected chi connectivity index (χ1v) is 8.78. The first kappa shape index (κ1) is 16.4. The average Bonchev–Trinajstić information content (AvgIpc) is 2.46. The average molecular weight is 311 g/mol. The van der Waals surface area contributed by atoms with E-state index in [9.17, 15) is 8.42 Å². The second-order valence-electron chi connectivity index (χ2n) is 5.93. The van der Waals surface area contributed by atoms with Crippen LogP contribution in [0.4, 0.5) is 0 Å². The van der Waals surface area contributed by atoms with E-state index in [4.69, 9.17) is 5.73 Å². The van der Waals surface area contributed by atoms with E-state index in [0.717, 1.165) is 31.5 Å². The number of rotatable bonds is 4. The van der Waals surface area contributed by atoms with Gasteiger partial charge in [0.1, 0.15) is 0 Å². The fourth-order valence-corrected chi connectivity index (χ4v) is 3.63. The van der Waals surface area contributed by atoms with Crippen molar-refractivity contribution in [3.8, 4) is 0 Å². The molecular formula is C15H25N3O2S. The molecule has 0 aliphatic carbocycles. The minimum Gasteiger partial charge on any atom is -0.327 e. The lowest BCUT2D eigenvalue weighted by Gasteiger charge is -2.35. The quantitative estimate of drug-likeness (QED) is 0.913. The molecule has 2 rings (SSSR count). The summed E-state index contributed by atoms with van der Waals surface area (Å²) < 4.78 is 25.3. The van der Waals surface area contributed by atoms with E-state index in [1.807, 2.05) is 12.1 Å². The van der Waals surface area contributed by atoms with E-state index >= 15 is 0 Å². The summed E-state index contributed by atoms with van der Waals surface area (Å²) in [5, 5.41) is 0. The molecule has 0 aromatic heterocycles. The van der Waals surface area contributed by atoms with Gasteiger partial charge in [0.2, 0.25) is 10.0 Å². The Balaban J connectivity index is 2.15. The maximum Gasteiger partial charge on any atom is 0.242 e. The number of hydrogen-bond acceptors (Lipinski definition) is 4. The zero-order chi connectivity index (χ0) is 15.6. The molecule has 21 heavy (non-hydrogen) atoms. The van der Waals surface area contributed by atoms with Crippen LogP contribution in [-0.4, -0.2) is 50.8 Å². The molecule has 2 unspecified atom stereocenters. The fraction of sp³-hybridized carbons (Fsp3) is 0.600. The molecular weight excluding hydrogens is 286 g/mol. The van der Waals surface area contributed by atoms with Gasteiger partial charge < -0.3 is 5.73 Å². The highest BCUT2D eigenvalue weighted by atomic mass is 32.2. The van der Waals surface area contributed by atoms with Gasteiger partial charge in [0.05, 0.1) is 4.90 Å². The summed E-state index contributed by atoms with van der Waals surface area (Å²) in [7, 11) is -0.268. The lowest BCUT2D eigenvalue weighted by atomic mass is 10.0. The molecule has 1 aliphatic rings. The van der Waals surface area contributed by atoms with Crippen molar-refractivity contribution in [2.24, 2.45) is 5.73 Å². The molecule has 0 spiro atoms. The summed E-state index contributed by atoms with van der Waals surface area (Å²) in [5.41, 5.74) is 7.16. The predicted molar refractivity (Wildman–Crippen MR) is 84.5 cm³/mol. The van der Waals surface area contributed by atoms with Crippen LogP contribution >= 0.6 is 0 Å². The highest BCUT2D eigenvalue weighted by Gasteiger charge is 2.23. The lowest BCUT2D eigenvalue weighted by Crippen LogP contribution is -2.43. The minimum absolute atomic E-state index is 0.245. The largest absolute Gasteiger partial charge is 0.327 e. The molecule has 1 aromatic rings. The van der Waals surface area contributed by atoms with Crippen molar-refractivity contribution in [3.63, 3.8) is 0 Å². The molecule has 2 N–H and O–H groups in total. The number of likely N-dealkylation sites (tertiary alicyclic amines) is 1. The van der Waals surface area contributed by atoms with Crippen LogP contribution in [0.2, 0.25) is 0 Å². The Kier molecular flexibility index (Phi) is 5.03. The minimum atomic E-state index is -3.35. The predicted octanol–water partition coefficient (Wildman–Crippen LogP) is 1.42. The van der Waals surface area contributed by atoms with Crippen LogP contribution in [0, 0.1) is 0 Å². The highest BCUT2D eigenvalue weighted by molar-refractivity contribution is 7.89. The van der Waals surface area contributed by atoms with Gasteiger partial charge in [0, 0.05) is 32.7 Å². The summed E-state index contributed by atoms with van der Waals surface area (Å²) in [6, 6.07) is 7.68. The van der Waals surface area contributed by atoms with Gasteiger partial charge in [0.15, 0.2) is 0 Å². The summed E-state index contributed by atoms with van der Waals surface area (Å²) in [5.74, 6) is 0. The number of nitrogens with zero attached hydrogens (tertiary/aromatic N) is 2. The van der Waals surface area contributed by atoms with Crippen molar-refractivity contribution < 1.29 is 8.42 Å². The van der Waals surface area contributed by atoms with Gasteiger partial charge in [-0.15, -0.1) is 0 Å². The van der Waals surface area contributed by atoms with Crippen molar-refractivity contribution >= 4 is 10.0 Å². The number of hydrogen-bond donors (Lipinski definition) is 1. The third-order valence-electron chi connectivity index (χ3n) is 4.18. The molecule has 2 atom stereocenters. The number of sulfonamides is 1. The van der Waals surface area contributed by atoms with E-state index in [-0.39, 0.29) is 12.1 Å². The molecule has 1 heterocycles. The van der Waals surface area contributed by atoms with Crippen LogP contribution in [-0.2, 0) is 10.0 Å². The topological polar surface area (TPSA) is 66.6 Å². The molecule has 5 nitrogen and oxygen atoms in total. The van der Waals surface area contributed by atoms with Gasteiger partial charge >= 0.3 is 0 Å². The Hall–Kier alpha value is -0.950. The Morgan fingerprint density at radius 2 is 1.90 bits per heavy atom. The van der Waals surface area contributed by atoms with Crippen molar-refractivity contribution in [2.45, 2.75) is 36.7 Å². The molecule has 0 saturated carbocycles. The zero-order valence-corrected chi connectivity index (χ0v) is 13.8. The van der Waals surface area contributed by atoms with E-state index < -0.39 is 10.0 Å². The Labute approximate surface area is 127 Å². The van der Waals surface area contributed by atoms with Crippen LogP contribution in [0.1, 0.15) is 31.4 Å². The van der Waals surface area contributed by atoms with Crippen LogP contribution in [0.25, 0.3) is 0 Å². The van der Waals surface area contributed by atoms with Crippen LogP contribution < -0.4 is 5.73 Å².